The van der Waals surface area contributed by atoms with Crippen LogP contribution in [0.2, 0.25) is 16.6 Å². The van der Waals surface area contributed by atoms with Gasteiger partial charge in [0.2, 0.25) is 8.32 Å². The maximum atomic E-state index is 12.3. The van der Waals surface area contributed by atoms with Crippen LogP contribution in [0.4, 0.5) is 0 Å². The van der Waals surface area contributed by atoms with E-state index in [-0.39, 0.29) is 5.91 Å². The predicted molar refractivity (Wildman–Crippen MR) is 90.8 cm³/mol. The molecule has 1 N–H and O–H groups in total. The SMILES string of the molecule is Cc1ccc(C(=O)NO[Si](C(C)C)(C(C)C)C(C)C)cc1. The fourth-order valence-corrected chi connectivity index (χ4v) is 8.23. The fourth-order valence-electron chi connectivity index (χ4n) is 3.25. The molecule has 0 aliphatic heterocycles. The second-order valence-electron chi connectivity index (χ2n) is 6.72. The van der Waals surface area contributed by atoms with Gasteiger partial charge in [-0.05, 0) is 35.7 Å². The van der Waals surface area contributed by atoms with E-state index in [0.717, 1.165) is 5.56 Å². The third-order valence-electron chi connectivity index (χ3n) is 4.34. The summed E-state index contributed by atoms with van der Waals surface area (Å²) in [6.45, 7) is 15.2. The quantitative estimate of drug-likeness (QED) is 0.603. The lowest BCUT2D eigenvalue weighted by atomic mass is 10.1. The first-order valence-corrected chi connectivity index (χ1v) is 9.90. The number of hydroxylamine groups is 1. The van der Waals surface area contributed by atoms with Crippen LogP contribution in [0.15, 0.2) is 24.3 Å². The van der Waals surface area contributed by atoms with Crippen molar-refractivity contribution >= 4 is 14.2 Å². The number of hydrogen-bond acceptors (Lipinski definition) is 2. The zero-order valence-electron chi connectivity index (χ0n) is 14.4. The average molecular weight is 308 g/mol. The highest BCUT2D eigenvalue weighted by atomic mass is 28.4. The van der Waals surface area contributed by atoms with Gasteiger partial charge in [0.1, 0.15) is 0 Å². The smallest absolute Gasteiger partial charge is 0.273 e. The molecule has 1 aromatic rings. The number of carbonyl (C=O) groups is 1. The van der Waals surface area contributed by atoms with Crippen LogP contribution >= 0.6 is 0 Å². The summed E-state index contributed by atoms with van der Waals surface area (Å²) in [5, 5.41) is 0. The van der Waals surface area contributed by atoms with E-state index in [9.17, 15) is 4.79 Å². The van der Waals surface area contributed by atoms with E-state index >= 15 is 0 Å². The molecule has 0 saturated heterocycles. The van der Waals surface area contributed by atoms with E-state index in [4.69, 9.17) is 4.53 Å². The van der Waals surface area contributed by atoms with E-state index in [2.05, 4.69) is 47.0 Å². The van der Waals surface area contributed by atoms with Gasteiger partial charge in [0.25, 0.3) is 5.91 Å². The van der Waals surface area contributed by atoms with Crippen LogP contribution in [-0.4, -0.2) is 14.2 Å². The molecule has 1 amide bonds. The molecule has 0 saturated carbocycles. The Hall–Kier alpha value is -1.13. The van der Waals surface area contributed by atoms with Gasteiger partial charge >= 0.3 is 0 Å². The Morgan fingerprint density at radius 1 is 0.952 bits per heavy atom. The summed E-state index contributed by atoms with van der Waals surface area (Å²) in [4.78, 5) is 12.3. The monoisotopic (exact) mass is 307 g/mol. The van der Waals surface area contributed by atoms with Crippen LogP contribution in [0.1, 0.15) is 57.5 Å². The molecule has 0 aliphatic carbocycles. The molecule has 0 bridgehead atoms. The number of carbonyl (C=O) groups excluding carboxylic acids is 1. The maximum Gasteiger partial charge on any atom is 0.273 e. The van der Waals surface area contributed by atoms with Crippen LogP contribution < -0.4 is 5.48 Å². The second kappa shape index (κ2) is 7.23. The van der Waals surface area contributed by atoms with Crippen LogP contribution in [0.3, 0.4) is 0 Å². The Kier molecular flexibility index (Phi) is 6.17. The Balaban J connectivity index is 2.86. The summed E-state index contributed by atoms with van der Waals surface area (Å²) in [6.07, 6.45) is 0. The third kappa shape index (κ3) is 3.95. The molecule has 1 aromatic carbocycles. The lowest BCUT2D eigenvalue weighted by molar-refractivity contribution is 0.0720. The first-order valence-electron chi connectivity index (χ1n) is 7.76. The van der Waals surface area contributed by atoms with Crippen molar-refractivity contribution in [3.8, 4) is 0 Å². The Labute approximate surface area is 130 Å². The molecule has 0 radical (unpaired) electrons. The number of benzene rings is 1. The van der Waals surface area contributed by atoms with Crippen LogP contribution in [0, 0.1) is 6.92 Å². The van der Waals surface area contributed by atoms with Gasteiger partial charge in [0.05, 0.1) is 0 Å². The summed E-state index contributed by atoms with van der Waals surface area (Å²) in [6, 6.07) is 7.54. The van der Waals surface area contributed by atoms with Crippen LogP contribution in [0.5, 0.6) is 0 Å². The minimum Gasteiger partial charge on any atom is -0.318 e. The zero-order chi connectivity index (χ0) is 16.2. The van der Waals surface area contributed by atoms with E-state index in [0.29, 0.717) is 22.2 Å². The van der Waals surface area contributed by atoms with Crippen LogP contribution in [0.25, 0.3) is 0 Å². The highest BCUT2D eigenvalue weighted by Gasteiger charge is 2.46. The number of nitrogens with one attached hydrogen (secondary N) is 1. The van der Waals surface area contributed by atoms with E-state index in [1.807, 2.05) is 31.2 Å². The highest BCUT2D eigenvalue weighted by Crippen LogP contribution is 2.41. The minimum atomic E-state index is -2.07. The number of amides is 1. The van der Waals surface area contributed by atoms with Crippen molar-refractivity contribution in [3.05, 3.63) is 35.4 Å². The van der Waals surface area contributed by atoms with Gasteiger partial charge in [-0.15, -0.1) is 0 Å². The van der Waals surface area contributed by atoms with Crippen molar-refractivity contribution in [1.29, 1.82) is 0 Å². The number of rotatable bonds is 6. The van der Waals surface area contributed by atoms with Crippen molar-refractivity contribution in [2.24, 2.45) is 0 Å². The van der Waals surface area contributed by atoms with Gasteiger partial charge in [-0.25, -0.2) is 5.48 Å². The van der Waals surface area contributed by atoms with Crippen molar-refractivity contribution in [3.63, 3.8) is 0 Å². The topological polar surface area (TPSA) is 38.3 Å². The van der Waals surface area contributed by atoms with Gasteiger partial charge in [-0.2, -0.15) is 0 Å². The summed E-state index contributed by atoms with van der Waals surface area (Å²) < 4.78 is 6.10. The molecular formula is C17H29NO2Si. The summed E-state index contributed by atoms with van der Waals surface area (Å²) in [7, 11) is -2.07. The molecule has 118 valence electrons. The lowest BCUT2D eigenvalue weighted by Gasteiger charge is -2.40. The minimum absolute atomic E-state index is 0.158. The van der Waals surface area contributed by atoms with E-state index in [1.54, 1.807) is 0 Å². The van der Waals surface area contributed by atoms with E-state index < -0.39 is 8.32 Å². The van der Waals surface area contributed by atoms with Crippen molar-refractivity contribution < 1.29 is 9.32 Å². The predicted octanol–water partition coefficient (Wildman–Crippen LogP) is 4.83. The van der Waals surface area contributed by atoms with Gasteiger partial charge in [-0.3, -0.25) is 4.79 Å². The van der Waals surface area contributed by atoms with Crippen LogP contribution in [-0.2, 0) is 4.53 Å². The van der Waals surface area contributed by atoms with Crippen molar-refractivity contribution in [2.75, 3.05) is 0 Å². The Bertz CT molecular complexity index is 444. The second-order valence-corrected chi connectivity index (χ2v) is 12.1. The van der Waals surface area contributed by atoms with Gasteiger partial charge < -0.3 is 4.53 Å². The first kappa shape index (κ1) is 17.9. The largest absolute Gasteiger partial charge is 0.318 e. The highest BCUT2D eigenvalue weighted by molar-refractivity contribution is 6.77. The lowest BCUT2D eigenvalue weighted by Crippen LogP contribution is -2.52. The molecule has 0 spiro atoms. The fraction of sp³-hybridized carbons (Fsp3) is 0.588. The summed E-state index contributed by atoms with van der Waals surface area (Å²) >= 11 is 0. The Morgan fingerprint density at radius 3 is 1.76 bits per heavy atom. The van der Waals surface area contributed by atoms with Crippen molar-refractivity contribution in [1.82, 2.24) is 5.48 Å². The Morgan fingerprint density at radius 2 is 1.38 bits per heavy atom. The maximum absolute atomic E-state index is 12.3. The molecule has 21 heavy (non-hydrogen) atoms. The summed E-state index contributed by atoms with van der Waals surface area (Å²) in [5.74, 6) is -0.158. The summed E-state index contributed by atoms with van der Waals surface area (Å²) in [5.41, 5.74) is 5.83. The van der Waals surface area contributed by atoms with Gasteiger partial charge in [0, 0.05) is 5.56 Å². The molecule has 0 aromatic heterocycles. The molecule has 1 rings (SSSR count). The molecule has 0 heterocycles. The number of aryl methyl sites for hydroxylation is 1. The molecule has 4 heteroatoms. The van der Waals surface area contributed by atoms with Gasteiger partial charge in [-0.1, -0.05) is 59.2 Å². The van der Waals surface area contributed by atoms with E-state index in [1.165, 1.54) is 0 Å². The first-order chi connectivity index (χ1) is 9.71. The molecule has 3 nitrogen and oxygen atoms in total. The molecule has 0 unspecified atom stereocenters. The van der Waals surface area contributed by atoms with Gasteiger partial charge in [0.15, 0.2) is 0 Å². The zero-order valence-corrected chi connectivity index (χ0v) is 15.4. The molecular weight excluding hydrogens is 278 g/mol. The van der Waals surface area contributed by atoms with Crippen molar-refractivity contribution in [2.45, 2.75) is 65.1 Å². The third-order valence-corrected chi connectivity index (χ3v) is 10.2. The molecule has 0 atom stereocenters. The number of hydrogen-bond donors (Lipinski definition) is 1. The average Bonchev–Trinajstić information content (AvgIpc) is 2.38. The standard InChI is InChI=1S/C17H29NO2Si/c1-12(2)21(13(3)4,14(5)6)20-18-17(19)16-10-8-15(7)9-11-16/h8-14H,1-7H3,(H,18,19). The normalized spacial score (nSPS) is 12.3. The molecule has 0 aliphatic rings. The molecule has 0 fully saturated rings.